The SMILES string of the molecule is COc1cccc(CC(=S)Cc2cc(-c3nc4ncccc4o3)ccn2)c1. The predicted molar refractivity (Wildman–Crippen MR) is 108 cm³/mol. The van der Waals surface area contributed by atoms with Crippen LogP contribution in [0.3, 0.4) is 0 Å². The molecule has 0 atom stereocenters. The van der Waals surface area contributed by atoms with Crippen molar-refractivity contribution < 1.29 is 9.15 Å². The highest BCUT2D eigenvalue weighted by Gasteiger charge is 2.11. The quantitative estimate of drug-likeness (QED) is 0.464. The van der Waals surface area contributed by atoms with Crippen LogP contribution < -0.4 is 4.74 Å². The molecule has 3 heterocycles. The van der Waals surface area contributed by atoms with E-state index in [9.17, 15) is 0 Å². The molecule has 134 valence electrons. The second-order valence-corrected chi connectivity index (χ2v) is 6.70. The number of nitrogens with zero attached hydrogens (tertiary/aromatic N) is 3. The third kappa shape index (κ3) is 4.01. The van der Waals surface area contributed by atoms with Gasteiger partial charge in [-0.2, -0.15) is 4.98 Å². The van der Waals surface area contributed by atoms with Gasteiger partial charge in [-0.25, -0.2) is 4.98 Å². The number of ether oxygens (including phenoxy) is 1. The Labute approximate surface area is 162 Å². The van der Waals surface area contributed by atoms with Crippen molar-refractivity contribution in [1.82, 2.24) is 15.0 Å². The van der Waals surface area contributed by atoms with Crippen molar-refractivity contribution in [1.29, 1.82) is 0 Å². The van der Waals surface area contributed by atoms with Crippen molar-refractivity contribution in [3.8, 4) is 17.2 Å². The van der Waals surface area contributed by atoms with Gasteiger partial charge in [0.15, 0.2) is 11.2 Å². The van der Waals surface area contributed by atoms with Crippen LogP contribution in [0, 0.1) is 0 Å². The van der Waals surface area contributed by atoms with Crippen LogP contribution in [0.4, 0.5) is 0 Å². The van der Waals surface area contributed by atoms with Gasteiger partial charge in [-0.05, 0) is 42.0 Å². The maximum Gasteiger partial charge on any atom is 0.229 e. The largest absolute Gasteiger partial charge is 0.497 e. The van der Waals surface area contributed by atoms with E-state index in [1.54, 1.807) is 19.5 Å². The van der Waals surface area contributed by atoms with Gasteiger partial charge in [0.05, 0.1) is 7.11 Å². The molecule has 27 heavy (non-hydrogen) atoms. The van der Waals surface area contributed by atoms with Crippen molar-refractivity contribution in [2.75, 3.05) is 7.11 Å². The molecule has 0 N–H and O–H groups in total. The molecule has 0 unspecified atom stereocenters. The van der Waals surface area contributed by atoms with Crippen LogP contribution in [-0.2, 0) is 12.8 Å². The first kappa shape index (κ1) is 17.3. The highest BCUT2D eigenvalue weighted by molar-refractivity contribution is 7.80. The zero-order valence-electron chi connectivity index (χ0n) is 14.8. The molecule has 0 saturated carbocycles. The van der Waals surface area contributed by atoms with Crippen LogP contribution in [-0.4, -0.2) is 26.9 Å². The third-order valence-corrected chi connectivity index (χ3v) is 4.43. The summed E-state index contributed by atoms with van der Waals surface area (Å²) in [6, 6.07) is 15.5. The van der Waals surface area contributed by atoms with Gasteiger partial charge in [0.25, 0.3) is 0 Å². The number of rotatable bonds is 6. The number of fused-ring (bicyclic) bond motifs is 1. The maximum atomic E-state index is 5.79. The van der Waals surface area contributed by atoms with Crippen molar-refractivity contribution in [3.05, 3.63) is 72.2 Å². The highest BCUT2D eigenvalue weighted by Crippen LogP contribution is 2.23. The van der Waals surface area contributed by atoms with Crippen LogP contribution in [0.1, 0.15) is 11.3 Å². The van der Waals surface area contributed by atoms with Crippen molar-refractivity contribution >= 4 is 28.3 Å². The predicted octanol–water partition coefficient (Wildman–Crippen LogP) is 4.45. The molecule has 4 rings (SSSR count). The summed E-state index contributed by atoms with van der Waals surface area (Å²) in [6.45, 7) is 0. The van der Waals surface area contributed by atoms with Crippen LogP contribution in [0.2, 0.25) is 0 Å². The number of hydrogen-bond donors (Lipinski definition) is 0. The van der Waals surface area contributed by atoms with E-state index >= 15 is 0 Å². The molecule has 0 radical (unpaired) electrons. The first-order valence-electron chi connectivity index (χ1n) is 8.53. The fourth-order valence-corrected chi connectivity index (χ4v) is 3.19. The van der Waals surface area contributed by atoms with Gasteiger partial charge in [0.1, 0.15) is 5.75 Å². The zero-order chi connectivity index (χ0) is 18.6. The molecular formula is C21H17N3O2S. The fourth-order valence-electron chi connectivity index (χ4n) is 2.87. The molecular weight excluding hydrogens is 358 g/mol. The van der Waals surface area contributed by atoms with Gasteiger partial charge in [-0.15, -0.1) is 0 Å². The number of aromatic nitrogens is 3. The Morgan fingerprint density at radius 3 is 2.81 bits per heavy atom. The summed E-state index contributed by atoms with van der Waals surface area (Å²) in [4.78, 5) is 14.0. The lowest BCUT2D eigenvalue weighted by atomic mass is 10.1. The Bertz CT molecular complexity index is 1070. The summed E-state index contributed by atoms with van der Waals surface area (Å²) >= 11 is 5.58. The number of thiocarbonyl (C=S) groups is 1. The molecule has 5 nitrogen and oxygen atoms in total. The van der Waals surface area contributed by atoms with Crippen molar-refractivity contribution in [2.24, 2.45) is 0 Å². The molecule has 0 saturated heterocycles. The molecule has 4 aromatic rings. The van der Waals surface area contributed by atoms with Gasteiger partial charge in [0.2, 0.25) is 5.89 Å². The Morgan fingerprint density at radius 2 is 1.96 bits per heavy atom. The van der Waals surface area contributed by atoms with Gasteiger partial charge in [-0.3, -0.25) is 4.98 Å². The number of oxazole rings is 1. The number of methoxy groups -OCH3 is 1. The highest BCUT2D eigenvalue weighted by atomic mass is 32.1. The lowest BCUT2D eigenvalue weighted by Crippen LogP contribution is -2.06. The van der Waals surface area contributed by atoms with Gasteiger partial charge >= 0.3 is 0 Å². The van der Waals surface area contributed by atoms with E-state index in [2.05, 4.69) is 15.0 Å². The molecule has 0 aliphatic rings. The summed E-state index contributed by atoms with van der Waals surface area (Å²) in [7, 11) is 1.66. The van der Waals surface area contributed by atoms with E-state index < -0.39 is 0 Å². The molecule has 1 aromatic carbocycles. The molecule has 0 aliphatic carbocycles. The Hall–Kier alpha value is -3.12. The lowest BCUT2D eigenvalue weighted by molar-refractivity contribution is 0.414. The molecule has 0 aliphatic heterocycles. The number of pyridine rings is 2. The summed E-state index contributed by atoms with van der Waals surface area (Å²) in [5.74, 6) is 1.37. The van der Waals surface area contributed by atoms with E-state index in [1.807, 2.05) is 48.5 Å². The van der Waals surface area contributed by atoms with Crippen LogP contribution in [0.25, 0.3) is 22.7 Å². The second-order valence-electron chi connectivity index (χ2n) is 6.12. The van der Waals surface area contributed by atoms with E-state index in [4.69, 9.17) is 21.4 Å². The standard InChI is InChI=1S/C21H17N3O2S/c1-25-17-5-2-4-14(10-17)11-18(27)13-16-12-15(7-9-22-16)21-24-20-19(26-21)6-3-8-23-20/h2-10,12H,11,13H2,1H3. The third-order valence-electron chi connectivity index (χ3n) is 4.14. The molecule has 0 bridgehead atoms. The number of hydrogen-bond acceptors (Lipinski definition) is 6. The Morgan fingerprint density at radius 1 is 1.04 bits per heavy atom. The van der Waals surface area contributed by atoms with Crippen LogP contribution in [0.15, 0.2) is 65.3 Å². The van der Waals surface area contributed by atoms with E-state index in [0.29, 0.717) is 30.0 Å². The number of benzene rings is 1. The Balaban J connectivity index is 1.51. The summed E-state index contributed by atoms with van der Waals surface area (Å²) < 4.78 is 11.1. The average molecular weight is 375 g/mol. The first-order chi connectivity index (χ1) is 13.2. The lowest BCUT2D eigenvalue weighted by Gasteiger charge is -2.07. The normalized spacial score (nSPS) is 10.9. The van der Waals surface area contributed by atoms with Crippen LogP contribution >= 0.6 is 12.2 Å². The minimum absolute atomic E-state index is 0.533. The summed E-state index contributed by atoms with van der Waals surface area (Å²) in [5.41, 5.74) is 4.14. The molecule has 0 fully saturated rings. The van der Waals surface area contributed by atoms with Crippen molar-refractivity contribution in [3.63, 3.8) is 0 Å². The molecule has 6 heteroatoms. The molecule has 0 spiro atoms. The molecule has 3 aromatic heterocycles. The van der Waals surface area contributed by atoms with E-state index in [-0.39, 0.29) is 0 Å². The monoisotopic (exact) mass is 375 g/mol. The average Bonchev–Trinajstić information content (AvgIpc) is 3.12. The van der Waals surface area contributed by atoms with E-state index in [0.717, 1.165) is 27.4 Å². The summed E-state index contributed by atoms with van der Waals surface area (Å²) in [5, 5.41) is 0. The van der Waals surface area contributed by atoms with Crippen LogP contribution in [0.5, 0.6) is 5.75 Å². The van der Waals surface area contributed by atoms with Gasteiger partial charge in [0, 0.05) is 41.4 Å². The summed E-state index contributed by atoms with van der Waals surface area (Å²) in [6.07, 6.45) is 4.76. The maximum absolute atomic E-state index is 5.79. The fraction of sp³-hybridized carbons (Fsp3) is 0.143. The minimum Gasteiger partial charge on any atom is -0.497 e. The van der Waals surface area contributed by atoms with Crippen molar-refractivity contribution in [2.45, 2.75) is 12.8 Å². The smallest absolute Gasteiger partial charge is 0.229 e. The van der Waals surface area contributed by atoms with Gasteiger partial charge in [-0.1, -0.05) is 24.4 Å². The topological polar surface area (TPSA) is 61.0 Å². The Kier molecular flexibility index (Phi) is 4.89. The van der Waals surface area contributed by atoms with E-state index in [1.165, 1.54) is 0 Å². The second kappa shape index (κ2) is 7.63. The first-order valence-corrected chi connectivity index (χ1v) is 8.93. The minimum atomic E-state index is 0.533. The van der Waals surface area contributed by atoms with Gasteiger partial charge < -0.3 is 9.15 Å². The molecule has 0 amide bonds. The zero-order valence-corrected chi connectivity index (χ0v) is 15.6.